The van der Waals surface area contributed by atoms with Crippen molar-refractivity contribution in [3.8, 4) is 0 Å². The molecule has 0 radical (unpaired) electrons. The lowest BCUT2D eigenvalue weighted by Gasteiger charge is -2.15. The van der Waals surface area contributed by atoms with E-state index in [2.05, 4.69) is 25.3 Å². The number of hydrogen-bond donors (Lipinski definition) is 3. The van der Waals surface area contributed by atoms with Gasteiger partial charge in [0.1, 0.15) is 11.6 Å². The molecule has 0 saturated heterocycles. The number of imidazole rings is 1. The van der Waals surface area contributed by atoms with Gasteiger partial charge in [-0.1, -0.05) is 30.3 Å². The van der Waals surface area contributed by atoms with Gasteiger partial charge >= 0.3 is 5.97 Å². The molecule has 0 aliphatic heterocycles. The summed E-state index contributed by atoms with van der Waals surface area (Å²) in [5.74, 6) is -0.665. The third-order valence-electron chi connectivity index (χ3n) is 3.15. The Labute approximate surface area is 130 Å². The minimum absolute atomic E-state index is 0.00551. The molecular formula is C14H12ClN5O2. The molecule has 2 heterocycles. The van der Waals surface area contributed by atoms with E-state index in [1.54, 1.807) is 0 Å². The summed E-state index contributed by atoms with van der Waals surface area (Å²) in [4.78, 5) is 26.4. The molecule has 3 aromatic rings. The first kappa shape index (κ1) is 14.3. The monoisotopic (exact) mass is 317 g/mol. The lowest BCUT2D eigenvalue weighted by atomic mass is 10.1. The summed E-state index contributed by atoms with van der Waals surface area (Å²) in [6.45, 7) is 0. The second kappa shape index (κ2) is 5.98. The number of nitrogens with one attached hydrogen (secondary N) is 2. The molecule has 3 N–H and O–H groups in total. The molecule has 7 nitrogen and oxygen atoms in total. The van der Waals surface area contributed by atoms with Crippen LogP contribution in [0.1, 0.15) is 5.56 Å². The van der Waals surface area contributed by atoms with Crippen molar-refractivity contribution in [3.63, 3.8) is 0 Å². The molecule has 0 amide bonds. The maximum Gasteiger partial charge on any atom is 0.326 e. The van der Waals surface area contributed by atoms with E-state index in [1.807, 2.05) is 30.3 Å². The van der Waals surface area contributed by atoms with Crippen LogP contribution in [-0.4, -0.2) is 37.1 Å². The zero-order chi connectivity index (χ0) is 15.5. The van der Waals surface area contributed by atoms with Crippen molar-refractivity contribution < 1.29 is 9.90 Å². The van der Waals surface area contributed by atoms with Gasteiger partial charge in [0.25, 0.3) is 0 Å². The fourth-order valence-corrected chi connectivity index (χ4v) is 2.29. The lowest BCUT2D eigenvalue weighted by Crippen LogP contribution is -2.32. The number of H-pyrrole nitrogens is 1. The molecule has 0 aliphatic rings. The van der Waals surface area contributed by atoms with Crippen LogP contribution in [0.4, 0.5) is 5.82 Å². The van der Waals surface area contributed by atoms with Gasteiger partial charge in [0.15, 0.2) is 11.5 Å². The molecule has 22 heavy (non-hydrogen) atoms. The highest BCUT2D eigenvalue weighted by atomic mass is 35.5. The number of hydrogen-bond acceptors (Lipinski definition) is 5. The largest absolute Gasteiger partial charge is 0.480 e. The van der Waals surface area contributed by atoms with Crippen molar-refractivity contribution in [2.24, 2.45) is 0 Å². The number of carbonyl (C=O) groups is 1. The van der Waals surface area contributed by atoms with E-state index < -0.39 is 12.0 Å². The van der Waals surface area contributed by atoms with E-state index in [4.69, 9.17) is 11.6 Å². The number of nitrogens with zero attached hydrogens (tertiary/aromatic N) is 3. The molecule has 1 aromatic carbocycles. The highest BCUT2D eigenvalue weighted by molar-refractivity contribution is 6.28. The van der Waals surface area contributed by atoms with Gasteiger partial charge in [0.05, 0.1) is 6.33 Å². The highest BCUT2D eigenvalue weighted by Crippen LogP contribution is 2.20. The number of carboxylic acid groups (broad SMARTS) is 1. The molecule has 0 saturated carbocycles. The molecule has 1 atom stereocenters. The topological polar surface area (TPSA) is 104 Å². The summed E-state index contributed by atoms with van der Waals surface area (Å²) in [6.07, 6.45) is 1.77. The van der Waals surface area contributed by atoms with Crippen LogP contribution in [0.2, 0.25) is 5.28 Å². The molecule has 0 bridgehead atoms. The molecule has 2 aromatic heterocycles. The van der Waals surface area contributed by atoms with Crippen LogP contribution >= 0.6 is 11.6 Å². The fourth-order valence-electron chi connectivity index (χ4n) is 2.13. The van der Waals surface area contributed by atoms with Crippen LogP contribution in [0, 0.1) is 0 Å². The lowest BCUT2D eigenvalue weighted by molar-refractivity contribution is -0.137. The number of fused-ring (bicyclic) bond motifs is 1. The van der Waals surface area contributed by atoms with Gasteiger partial charge in [-0.2, -0.15) is 9.97 Å². The summed E-state index contributed by atoms with van der Waals surface area (Å²) >= 11 is 5.84. The van der Waals surface area contributed by atoms with Crippen LogP contribution in [0.3, 0.4) is 0 Å². The third-order valence-corrected chi connectivity index (χ3v) is 3.32. The first-order valence-electron chi connectivity index (χ1n) is 6.53. The first-order valence-corrected chi connectivity index (χ1v) is 6.91. The number of halogens is 1. The Bertz CT molecular complexity index is 805. The molecule has 0 aliphatic carbocycles. The van der Waals surface area contributed by atoms with Crippen LogP contribution < -0.4 is 5.32 Å². The zero-order valence-electron chi connectivity index (χ0n) is 11.3. The molecule has 112 valence electrons. The van der Waals surface area contributed by atoms with Crippen LogP contribution in [0.15, 0.2) is 36.7 Å². The third kappa shape index (κ3) is 2.99. The summed E-state index contributed by atoms with van der Waals surface area (Å²) < 4.78 is 0. The van der Waals surface area contributed by atoms with Crippen molar-refractivity contribution >= 4 is 34.6 Å². The average Bonchev–Trinajstić information content (AvgIpc) is 2.95. The van der Waals surface area contributed by atoms with Crippen molar-refractivity contribution in [1.29, 1.82) is 0 Å². The normalized spacial score (nSPS) is 12.2. The Morgan fingerprint density at radius 2 is 2.09 bits per heavy atom. The number of carboxylic acids is 1. The molecular weight excluding hydrogens is 306 g/mol. The van der Waals surface area contributed by atoms with Gasteiger partial charge in [0.2, 0.25) is 5.28 Å². The summed E-state index contributed by atoms with van der Waals surface area (Å²) in [6, 6.07) is 8.50. The number of aliphatic carboxylic acids is 1. The number of aromatic amines is 1. The summed E-state index contributed by atoms with van der Waals surface area (Å²) in [7, 11) is 0. The molecule has 1 unspecified atom stereocenters. The van der Waals surface area contributed by atoms with E-state index in [0.29, 0.717) is 23.4 Å². The minimum Gasteiger partial charge on any atom is -0.480 e. The van der Waals surface area contributed by atoms with Crippen molar-refractivity contribution in [2.75, 3.05) is 5.32 Å². The quantitative estimate of drug-likeness (QED) is 0.623. The molecule has 3 rings (SSSR count). The summed E-state index contributed by atoms with van der Waals surface area (Å²) in [5.41, 5.74) is 1.80. The van der Waals surface area contributed by atoms with Crippen LogP contribution in [0.5, 0.6) is 0 Å². The maximum absolute atomic E-state index is 11.5. The second-order valence-corrected chi connectivity index (χ2v) is 5.01. The van der Waals surface area contributed by atoms with E-state index in [9.17, 15) is 9.90 Å². The molecule has 0 fully saturated rings. The smallest absolute Gasteiger partial charge is 0.326 e. The average molecular weight is 318 g/mol. The number of benzene rings is 1. The van der Waals surface area contributed by atoms with Crippen molar-refractivity contribution in [1.82, 2.24) is 19.9 Å². The minimum atomic E-state index is -0.980. The molecule has 0 spiro atoms. The van der Waals surface area contributed by atoms with Crippen LogP contribution in [0.25, 0.3) is 11.2 Å². The van der Waals surface area contributed by atoms with Gasteiger partial charge in [0, 0.05) is 6.42 Å². The Morgan fingerprint density at radius 3 is 2.82 bits per heavy atom. The van der Waals surface area contributed by atoms with Gasteiger partial charge in [-0.25, -0.2) is 9.78 Å². The van der Waals surface area contributed by atoms with E-state index >= 15 is 0 Å². The second-order valence-electron chi connectivity index (χ2n) is 4.67. The standard InChI is InChI=1S/C14H12ClN5O2/c15-14-19-11-10(16-7-17-11)12(20-14)18-9(13(21)22)6-8-4-2-1-3-5-8/h1-5,7,9H,6H2,(H,21,22)(H2,16,17,18,19,20). The SMILES string of the molecule is O=C(O)C(Cc1ccccc1)Nc1nc(Cl)nc2nc[nH]c12. The zero-order valence-corrected chi connectivity index (χ0v) is 12.1. The van der Waals surface area contributed by atoms with Gasteiger partial charge in [-0.15, -0.1) is 0 Å². The predicted octanol–water partition coefficient (Wildman–Crippen LogP) is 2.11. The Morgan fingerprint density at radius 1 is 1.32 bits per heavy atom. The molecule has 8 heteroatoms. The Balaban J connectivity index is 1.90. The van der Waals surface area contributed by atoms with Gasteiger partial charge < -0.3 is 15.4 Å². The van der Waals surface area contributed by atoms with E-state index in [-0.39, 0.29) is 5.28 Å². The Kier molecular flexibility index (Phi) is 3.88. The number of rotatable bonds is 5. The van der Waals surface area contributed by atoms with Gasteiger partial charge in [-0.3, -0.25) is 0 Å². The number of anilines is 1. The summed E-state index contributed by atoms with van der Waals surface area (Å²) in [5, 5.41) is 12.3. The first-order chi connectivity index (χ1) is 10.6. The van der Waals surface area contributed by atoms with E-state index in [0.717, 1.165) is 5.56 Å². The number of aromatic nitrogens is 4. The highest BCUT2D eigenvalue weighted by Gasteiger charge is 2.20. The Hall–Kier alpha value is -2.67. The predicted molar refractivity (Wildman–Crippen MR) is 81.9 cm³/mol. The fraction of sp³-hybridized carbons (Fsp3) is 0.143. The van der Waals surface area contributed by atoms with Crippen molar-refractivity contribution in [2.45, 2.75) is 12.5 Å². The van der Waals surface area contributed by atoms with Crippen LogP contribution in [-0.2, 0) is 11.2 Å². The van der Waals surface area contributed by atoms with Crippen molar-refractivity contribution in [3.05, 3.63) is 47.5 Å². The van der Waals surface area contributed by atoms with Gasteiger partial charge in [-0.05, 0) is 17.2 Å². The van der Waals surface area contributed by atoms with E-state index in [1.165, 1.54) is 6.33 Å². The maximum atomic E-state index is 11.5.